The van der Waals surface area contributed by atoms with Gasteiger partial charge >= 0.3 is 0 Å². The summed E-state index contributed by atoms with van der Waals surface area (Å²) in [6.45, 7) is 3.87. The summed E-state index contributed by atoms with van der Waals surface area (Å²) in [6, 6.07) is 10.00. The van der Waals surface area contributed by atoms with E-state index in [1.165, 1.54) is 12.1 Å². The first kappa shape index (κ1) is 22.8. The van der Waals surface area contributed by atoms with Crippen LogP contribution in [0.2, 0.25) is 5.02 Å². The molecule has 2 aromatic rings. The minimum absolute atomic E-state index is 0.0321. The van der Waals surface area contributed by atoms with Crippen LogP contribution >= 0.6 is 11.6 Å². The standard InChI is InChI=1S/C20H21ClN4O5/c1-12(2)18(26)24-14-5-3-13(4-6-14)19(27)22-9-10-23-20(28)16-8-7-15(25(29)30)11-17(16)21/h3-8,11-12H,9-10H2,1-2H3,(H,22,27)(H,23,28)(H,24,26). The molecule has 0 saturated carbocycles. The van der Waals surface area contributed by atoms with Gasteiger partial charge in [-0.3, -0.25) is 24.5 Å². The number of benzene rings is 2. The molecule has 0 fully saturated rings. The Balaban J connectivity index is 1.81. The Bertz CT molecular complexity index is 960. The Morgan fingerprint density at radius 3 is 2.13 bits per heavy atom. The number of non-ortho nitro benzene ring substituents is 1. The molecule has 0 heterocycles. The maximum Gasteiger partial charge on any atom is 0.270 e. The van der Waals surface area contributed by atoms with E-state index in [9.17, 15) is 24.5 Å². The number of halogens is 1. The molecule has 0 aliphatic rings. The number of rotatable bonds is 8. The largest absolute Gasteiger partial charge is 0.350 e. The number of nitro groups is 1. The highest BCUT2D eigenvalue weighted by molar-refractivity contribution is 6.34. The maximum atomic E-state index is 12.2. The summed E-state index contributed by atoms with van der Waals surface area (Å²) in [6.07, 6.45) is 0. The van der Waals surface area contributed by atoms with Crippen LogP contribution in [-0.2, 0) is 4.79 Å². The normalized spacial score (nSPS) is 10.4. The lowest BCUT2D eigenvalue weighted by Gasteiger charge is -2.10. The summed E-state index contributed by atoms with van der Waals surface area (Å²) in [7, 11) is 0. The second kappa shape index (κ2) is 10.4. The van der Waals surface area contributed by atoms with Crippen molar-refractivity contribution >= 4 is 40.7 Å². The topological polar surface area (TPSA) is 130 Å². The van der Waals surface area contributed by atoms with E-state index < -0.39 is 10.8 Å². The van der Waals surface area contributed by atoms with Gasteiger partial charge in [-0.2, -0.15) is 0 Å². The average molecular weight is 433 g/mol. The van der Waals surface area contributed by atoms with Crippen LogP contribution in [0.4, 0.5) is 11.4 Å². The first-order valence-electron chi connectivity index (χ1n) is 9.10. The lowest BCUT2D eigenvalue weighted by atomic mass is 10.1. The van der Waals surface area contributed by atoms with Gasteiger partial charge in [-0.25, -0.2) is 0 Å². The molecule has 0 spiro atoms. The van der Waals surface area contributed by atoms with Crippen LogP contribution in [0.5, 0.6) is 0 Å². The zero-order valence-corrected chi connectivity index (χ0v) is 17.2. The molecule has 0 bridgehead atoms. The fourth-order valence-electron chi connectivity index (χ4n) is 2.34. The predicted molar refractivity (Wildman–Crippen MR) is 113 cm³/mol. The van der Waals surface area contributed by atoms with Crippen LogP contribution in [0, 0.1) is 16.0 Å². The van der Waals surface area contributed by atoms with E-state index in [1.54, 1.807) is 38.1 Å². The van der Waals surface area contributed by atoms with Crippen LogP contribution in [0.1, 0.15) is 34.6 Å². The van der Waals surface area contributed by atoms with Gasteiger partial charge in [-0.1, -0.05) is 25.4 Å². The van der Waals surface area contributed by atoms with Crippen molar-refractivity contribution in [2.75, 3.05) is 18.4 Å². The second-order valence-electron chi connectivity index (χ2n) is 6.65. The highest BCUT2D eigenvalue weighted by Crippen LogP contribution is 2.22. The first-order chi connectivity index (χ1) is 14.2. The molecule has 3 N–H and O–H groups in total. The molecule has 30 heavy (non-hydrogen) atoms. The highest BCUT2D eigenvalue weighted by Gasteiger charge is 2.15. The van der Waals surface area contributed by atoms with Crippen molar-refractivity contribution < 1.29 is 19.3 Å². The summed E-state index contributed by atoms with van der Waals surface area (Å²) in [5, 5.41) is 18.7. The summed E-state index contributed by atoms with van der Waals surface area (Å²) in [5.41, 5.74) is 0.894. The molecule has 10 heteroatoms. The number of hydrogen-bond donors (Lipinski definition) is 3. The molecule has 0 radical (unpaired) electrons. The second-order valence-corrected chi connectivity index (χ2v) is 7.06. The van der Waals surface area contributed by atoms with Gasteiger partial charge in [0, 0.05) is 42.4 Å². The van der Waals surface area contributed by atoms with Gasteiger partial charge in [-0.15, -0.1) is 0 Å². The fourth-order valence-corrected chi connectivity index (χ4v) is 2.60. The molecule has 0 aliphatic heterocycles. The third-order valence-electron chi connectivity index (χ3n) is 4.04. The number of carbonyl (C=O) groups is 3. The van der Waals surface area contributed by atoms with E-state index >= 15 is 0 Å². The van der Waals surface area contributed by atoms with Gasteiger partial charge in [0.25, 0.3) is 17.5 Å². The molecule has 2 rings (SSSR count). The number of anilines is 1. The van der Waals surface area contributed by atoms with E-state index in [-0.39, 0.29) is 47.1 Å². The molecular weight excluding hydrogens is 412 g/mol. The Morgan fingerprint density at radius 1 is 1.00 bits per heavy atom. The molecule has 9 nitrogen and oxygen atoms in total. The van der Waals surface area contributed by atoms with Crippen molar-refractivity contribution in [1.29, 1.82) is 0 Å². The lowest BCUT2D eigenvalue weighted by Crippen LogP contribution is -2.34. The Morgan fingerprint density at radius 2 is 1.60 bits per heavy atom. The smallest absolute Gasteiger partial charge is 0.270 e. The highest BCUT2D eigenvalue weighted by atomic mass is 35.5. The summed E-state index contributed by atoms with van der Waals surface area (Å²) in [5.74, 6) is -1.10. The molecule has 2 aromatic carbocycles. The predicted octanol–water partition coefficient (Wildman–Crippen LogP) is 3.00. The summed E-state index contributed by atoms with van der Waals surface area (Å²) >= 11 is 5.91. The van der Waals surface area contributed by atoms with Crippen LogP contribution in [0.25, 0.3) is 0 Å². The fraction of sp³-hybridized carbons (Fsp3) is 0.250. The zero-order chi connectivity index (χ0) is 22.3. The molecule has 0 aromatic heterocycles. The van der Waals surface area contributed by atoms with Gasteiger partial charge in [0.1, 0.15) is 0 Å². The number of nitrogens with one attached hydrogen (secondary N) is 3. The van der Waals surface area contributed by atoms with E-state index in [2.05, 4.69) is 16.0 Å². The van der Waals surface area contributed by atoms with Crippen LogP contribution < -0.4 is 16.0 Å². The molecule has 0 saturated heterocycles. The first-order valence-corrected chi connectivity index (χ1v) is 9.48. The monoisotopic (exact) mass is 432 g/mol. The van der Waals surface area contributed by atoms with E-state index in [0.717, 1.165) is 6.07 Å². The molecular formula is C20H21ClN4O5. The molecule has 158 valence electrons. The van der Waals surface area contributed by atoms with Crippen LogP contribution in [-0.4, -0.2) is 35.7 Å². The Labute approximate surface area is 177 Å². The Hall–Kier alpha value is -3.46. The van der Waals surface area contributed by atoms with Gasteiger partial charge in [-0.05, 0) is 30.3 Å². The van der Waals surface area contributed by atoms with E-state index in [1.807, 2.05) is 0 Å². The average Bonchev–Trinajstić information content (AvgIpc) is 2.71. The van der Waals surface area contributed by atoms with Crippen LogP contribution in [0.15, 0.2) is 42.5 Å². The van der Waals surface area contributed by atoms with Crippen LogP contribution in [0.3, 0.4) is 0 Å². The molecule has 0 unspecified atom stereocenters. The van der Waals surface area contributed by atoms with E-state index in [4.69, 9.17) is 11.6 Å². The van der Waals surface area contributed by atoms with Crippen molar-refractivity contribution in [3.63, 3.8) is 0 Å². The van der Waals surface area contributed by atoms with E-state index in [0.29, 0.717) is 11.3 Å². The van der Waals surface area contributed by atoms with Crippen molar-refractivity contribution in [3.05, 3.63) is 68.7 Å². The number of nitrogens with zero attached hydrogens (tertiary/aromatic N) is 1. The minimum atomic E-state index is -0.603. The van der Waals surface area contributed by atoms with Crippen molar-refractivity contribution in [1.82, 2.24) is 10.6 Å². The minimum Gasteiger partial charge on any atom is -0.350 e. The SMILES string of the molecule is CC(C)C(=O)Nc1ccc(C(=O)NCCNC(=O)c2ccc([N+](=O)[O-])cc2Cl)cc1. The quantitative estimate of drug-likeness (QED) is 0.335. The number of nitro benzene ring substituents is 1. The summed E-state index contributed by atoms with van der Waals surface area (Å²) in [4.78, 5) is 46.1. The van der Waals surface area contributed by atoms with Crippen molar-refractivity contribution in [2.45, 2.75) is 13.8 Å². The van der Waals surface area contributed by atoms with Gasteiger partial charge in [0.2, 0.25) is 5.91 Å². The number of hydrogen-bond acceptors (Lipinski definition) is 5. The molecule has 0 atom stereocenters. The maximum absolute atomic E-state index is 12.2. The van der Waals surface area contributed by atoms with Gasteiger partial charge in [0.05, 0.1) is 15.5 Å². The van der Waals surface area contributed by atoms with Crippen molar-refractivity contribution in [2.24, 2.45) is 5.92 Å². The molecule has 0 aliphatic carbocycles. The third-order valence-corrected chi connectivity index (χ3v) is 4.36. The zero-order valence-electron chi connectivity index (χ0n) is 16.4. The third kappa shape index (κ3) is 6.28. The van der Waals surface area contributed by atoms with Crippen molar-refractivity contribution in [3.8, 4) is 0 Å². The summed E-state index contributed by atoms with van der Waals surface area (Å²) < 4.78 is 0. The lowest BCUT2D eigenvalue weighted by molar-refractivity contribution is -0.384. The number of amides is 3. The number of carbonyl (C=O) groups excluding carboxylic acids is 3. The molecule has 3 amide bonds. The Kier molecular flexibility index (Phi) is 7.88. The van der Waals surface area contributed by atoms with Gasteiger partial charge in [0.15, 0.2) is 0 Å². The van der Waals surface area contributed by atoms with Gasteiger partial charge < -0.3 is 16.0 Å².